The van der Waals surface area contributed by atoms with E-state index < -0.39 is 5.82 Å². The predicted octanol–water partition coefficient (Wildman–Crippen LogP) is 3.38. The molecule has 0 aromatic heterocycles. The molecular weight excluding hydrogens is 237 g/mol. The maximum absolute atomic E-state index is 13.5. The third-order valence-corrected chi connectivity index (χ3v) is 2.90. The number of hydrogen-bond donors (Lipinski definition) is 1. The molecule has 0 radical (unpaired) electrons. The van der Waals surface area contributed by atoms with Gasteiger partial charge in [-0.2, -0.15) is 0 Å². The Morgan fingerprint density at radius 3 is 2.76 bits per heavy atom. The van der Waals surface area contributed by atoms with Crippen molar-refractivity contribution in [2.45, 2.75) is 31.1 Å². The number of benzene rings is 1. The van der Waals surface area contributed by atoms with Crippen LogP contribution in [0.2, 0.25) is 0 Å². The summed E-state index contributed by atoms with van der Waals surface area (Å²) in [5.74, 6) is -0.773. The van der Waals surface area contributed by atoms with Gasteiger partial charge in [-0.25, -0.2) is 4.39 Å². The van der Waals surface area contributed by atoms with Gasteiger partial charge in [-0.1, -0.05) is 19.8 Å². The Morgan fingerprint density at radius 2 is 2.12 bits per heavy atom. The number of carbonyl (C=O) groups excluding carboxylic acids is 1. The van der Waals surface area contributed by atoms with E-state index in [9.17, 15) is 9.18 Å². The van der Waals surface area contributed by atoms with Crippen LogP contribution in [-0.4, -0.2) is 24.4 Å². The monoisotopic (exact) mass is 255 g/mol. The van der Waals surface area contributed by atoms with Gasteiger partial charge >= 0.3 is 0 Å². The largest absolute Gasteiger partial charge is 0.342 e. The molecule has 94 valence electrons. The highest BCUT2D eigenvalue weighted by atomic mass is 32.1. The molecule has 0 saturated carbocycles. The average Bonchev–Trinajstić information content (AvgIpc) is 2.31. The molecule has 1 aromatic carbocycles. The third kappa shape index (κ3) is 4.04. The molecule has 4 heteroatoms. The molecule has 0 aliphatic rings. The van der Waals surface area contributed by atoms with Gasteiger partial charge in [0.25, 0.3) is 5.91 Å². The minimum absolute atomic E-state index is 0.0940. The smallest absolute Gasteiger partial charge is 0.256 e. The van der Waals surface area contributed by atoms with Crippen LogP contribution in [0.5, 0.6) is 0 Å². The van der Waals surface area contributed by atoms with E-state index in [0.717, 1.165) is 19.3 Å². The third-order valence-electron chi connectivity index (χ3n) is 2.62. The second-order valence-corrected chi connectivity index (χ2v) is 4.61. The van der Waals surface area contributed by atoms with Crippen molar-refractivity contribution in [2.75, 3.05) is 13.6 Å². The number of unbranched alkanes of at least 4 members (excludes halogenated alkanes) is 2. The fourth-order valence-corrected chi connectivity index (χ4v) is 1.79. The first kappa shape index (κ1) is 14.0. The van der Waals surface area contributed by atoms with Crippen LogP contribution >= 0.6 is 12.6 Å². The van der Waals surface area contributed by atoms with Gasteiger partial charge in [0.2, 0.25) is 0 Å². The number of amides is 1. The van der Waals surface area contributed by atoms with Crippen molar-refractivity contribution in [3.05, 3.63) is 29.6 Å². The Labute approximate surface area is 107 Å². The van der Waals surface area contributed by atoms with Crippen molar-refractivity contribution in [2.24, 2.45) is 0 Å². The fraction of sp³-hybridized carbons (Fsp3) is 0.462. The second kappa shape index (κ2) is 6.64. The SMILES string of the molecule is CCCCCN(C)C(=O)c1cc(S)ccc1F. The van der Waals surface area contributed by atoms with Crippen LogP contribution in [0, 0.1) is 5.82 Å². The summed E-state index contributed by atoms with van der Waals surface area (Å²) in [5, 5.41) is 0. The summed E-state index contributed by atoms with van der Waals surface area (Å²) < 4.78 is 13.5. The molecule has 0 spiro atoms. The molecule has 0 bridgehead atoms. The highest BCUT2D eigenvalue weighted by Crippen LogP contribution is 2.15. The molecule has 0 heterocycles. The van der Waals surface area contributed by atoms with E-state index in [2.05, 4.69) is 19.6 Å². The van der Waals surface area contributed by atoms with Crippen LogP contribution in [-0.2, 0) is 0 Å². The molecule has 1 aromatic rings. The predicted molar refractivity (Wildman–Crippen MR) is 70.1 cm³/mol. The fourth-order valence-electron chi connectivity index (χ4n) is 1.58. The van der Waals surface area contributed by atoms with Crippen molar-refractivity contribution in [1.29, 1.82) is 0 Å². The topological polar surface area (TPSA) is 20.3 Å². The first-order chi connectivity index (χ1) is 8.06. The van der Waals surface area contributed by atoms with Crippen LogP contribution in [0.1, 0.15) is 36.5 Å². The maximum Gasteiger partial charge on any atom is 0.256 e. The van der Waals surface area contributed by atoms with Crippen LogP contribution < -0.4 is 0 Å². The average molecular weight is 255 g/mol. The number of nitrogens with zero attached hydrogens (tertiary/aromatic N) is 1. The Morgan fingerprint density at radius 1 is 1.41 bits per heavy atom. The van der Waals surface area contributed by atoms with Gasteiger partial charge in [0.1, 0.15) is 5.82 Å². The summed E-state index contributed by atoms with van der Waals surface area (Å²) in [7, 11) is 1.70. The van der Waals surface area contributed by atoms with Gasteiger partial charge in [0, 0.05) is 18.5 Å². The Kier molecular flexibility index (Phi) is 5.48. The Balaban J connectivity index is 2.71. The standard InChI is InChI=1S/C13H18FNOS/c1-3-4-5-8-15(2)13(16)11-9-10(17)6-7-12(11)14/h6-7,9,17H,3-5,8H2,1-2H3. The van der Waals surface area contributed by atoms with Gasteiger partial charge in [0.05, 0.1) is 5.56 Å². The molecule has 0 N–H and O–H groups in total. The zero-order valence-corrected chi connectivity index (χ0v) is 11.1. The van der Waals surface area contributed by atoms with E-state index in [-0.39, 0.29) is 11.5 Å². The van der Waals surface area contributed by atoms with E-state index in [1.54, 1.807) is 11.9 Å². The lowest BCUT2D eigenvalue weighted by molar-refractivity contribution is 0.0788. The van der Waals surface area contributed by atoms with Gasteiger partial charge in [-0.05, 0) is 24.6 Å². The van der Waals surface area contributed by atoms with Crippen molar-refractivity contribution in [3.8, 4) is 0 Å². The molecule has 17 heavy (non-hydrogen) atoms. The summed E-state index contributed by atoms with van der Waals surface area (Å²) in [6, 6.07) is 4.28. The van der Waals surface area contributed by atoms with E-state index in [4.69, 9.17) is 0 Å². The minimum Gasteiger partial charge on any atom is -0.342 e. The lowest BCUT2D eigenvalue weighted by atomic mass is 10.1. The van der Waals surface area contributed by atoms with Gasteiger partial charge in [0.15, 0.2) is 0 Å². The molecular formula is C13H18FNOS. The van der Waals surface area contributed by atoms with Crippen LogP contribution in [0.25, 0.3) is 0 Å². The number of carbonyl (C=O) groups is 1. The zero-order valence-electron chi connectivity index (χ0n) is 10.2. The summed E-state index contributed by atoms with van der Waals surface area (Å²) in [4.78, 5) is 14.1. The normalized spacial score (nSPS) is 10.4. The van der Waals surface area contributed by atoms with Gasteiger partial charge in [-0.15, -0.1) is 12.6 Å². The summed E-state index contributed by atoms with van der Waals surface area (Å²) in [6.45, 7) is 2.76. The van der Waals surface area contributed by atoms with Crippen molar-refractivity contribution in [3.63, 3.8) is 0 Å². The summed E-state index contributed by atoms with van der Waals surface area (Å²) in [5.41, 5.74) is 0.0940. The van der Waals surface area contributed by atoms with Crippen molar-refractivity contribution in [1.82, 2.24) is 4.90 Å². The number of rotatable bonds is 5. The van der Waals surface area contributed by atoms with E-state index in [0.29, 0.717) is 11.4 Å². The molecule has 0 aliphatic carbocycles. The Bertz CT molecular complexity index is 395. The second-order valence-electron chi connectivity index (χ2n) is 4.10. The van der Waals surface area contributed by atoms with Crippen LogP contribution in [0.4, 0.5) is 4.39 Å². The molecule has 0 fully saturated rings. The molecule has 1 rings (SSSR count). The van der Waals surface area contributed by atoms with E-state index in [1.165, 1.54) is 18.2 Å². The highest BCUT2D eigenvalue weighted by molar-refractivity contribution is 7.80. The van der Waals surface area contributed by atoms with Crippen molar-refractivity contribution >= 4 is 18.5 Å². The number of hydrogen-bond acceptors (Lipinski definition) is 2. The van der Waals surface area contributed by atoms with E-state index in [1.807, 2.05) is 0 Å². The van der Waals surface area contributed by atoms with Gasteiger partial charge in [-0.3, -0.25) is 4.79 Å². The number of halogens is 1. The zero-order chi connectivity index (χ0) is 12.8. The highest BCUT2D eigenvalue weighted by Gasteiger charge is 2.15. The quantitative estimate of drug-likeness (QED) is 0.632. The van der Waals surface area contributed by atoms with Crippen LogP contribution in [0.3, 0.4) is 0 Å². The lowest BCUT2D eigenvalue weighted by Gasteiger charge is -2.17. The summed E-state index contributed by atoms with van der Waals surface area (Å²) >= 11 is 4.11. The minimum atomic E-state index is -0.491. The lowest BCUT2D eigenvalue weighted by Crippen LogP contribution is -2.28. The van der Waals surface area contributed by atoms with Crippen LogP contribution in [0.15, 0.2) is 23.1 Å². The van der Waals surface area contributed by atoms with Crippen molar-refractivity contribution < 1.29 is 9.18 Å². The first-order valence-electron chi connectivity index (χ1n) is 5.80. The molecule has 0 atom stereocenters. The summed E-state index contributed by atoms with van der Waals surface area (Å²) in [6.07, 6.45) is 3.12. The Hall–Kier alpha value is -1.03. The molecule has 0 saturated heterocycles. The van der Waals surface area contributed by atoms with Gasteiger partial charge < -0.3 is 4.90 Å². The molecule has 1 amide bonds. The maximum atomic E-state index is 13.5. The number of thiol groups is 1. The molecule has 0 unspecified atom stereocenters. The molecule has 0 aliphatic heterocycles. The van der Waals surface area contributed by atoms with E-state index >= 15 is 0 Å². The molecule has 2 nitrogen and oxygen atoms in total. The first-order valence-corrected chi connectivity index (χ1v) is 6.25.